The molecule has 4 heterocycles. The van der Waals surface area contributed by atoms with Gasteiger partial charge in [-0.2, -0.15) is 16.3 Å². The van der Waals surface area contributed by atoms with Crippen LogP contribution in [0.25, 0.3) is 0 Å². The van der Waals surface area contributed by atoms with Crippen LogP contribution in [0, 0.1) is 12.8 Å². The Morgan fingerprint density at radius 3 is 2.71 bits per heavy atom. The number of nitrogens with zero attached hydrogens (tertiary/aromatic N) is 4. The first-order chi connectivity index (χ1) is 15.0. The van der Waals surface area contributed by atoms with E-state index in [1.165, 1.54) is 0 Å². The van der Waals surface area contributed by atoms with Crippen molar-refractivity contribution in [2.75, 3.05) is 33.2 Å². The van der Waals surface area contributed by atoms with Crippen LogP contribution in [0.4, 0.5) is 0 Å². The summed E-state index contributed by atoms with van der Waals surface area (Å²) in [6, 6.07) is 2.07. The Balaban J connectivity index is 1.27. The normalized spacial score (nSPS) is 23.5. The summed E-state index contributed by atoms with van der Waals surface area (Å²) >= 11 is 1.61. The minimum atomic E-state index is -0.0206. The van der Waals surface area contributed by atoms with Crippen molar-refractivity contribution in [3.63, 3.8) is 0 Å². The van der Waals surface area contributed by atoms with E-state index in [9.17, 15) is 9.59 Å². The smallest absolute Gasteiger partial charge is 0.226 e. The maximum atomic E-state index is 13.2. The minimum absolute atomic E-state index is 0.0206. The van der Waals surface area contributed by atoms with Crippen LogP contribution < -0.4 is 5.32 Å². The molecule has 0 spiro atoms. The van der Waals surface area contributed by atoms with Gasteiger partial charge in [-0.05, 0) is 55.1 Å². The summed E-state index contributed by atoms with van der Waals surface area (Å²) in [7, 11) is 2.04. The third-order valence-corrected chi connectivity index (χ3v) is 7.03. The molecule has 8 nitrogen and oxygen atoms in total. The Hall–Kier alpha value is -2.26. The average molecular weight is 446 g/mol. The molecule has 0 aliphatic carbocycles. The number of carbonyl (C=O) groups excluding carboxylic acids is 2. The van der Waals surface area contributed by atoms with Crippen LogP contribution in [0.3, 0.4) is 0 Å². The first-order valence-electron chi connectivity index (χ1n) is 11.1. The molecular weight excluding hydrogens is 414 g/mol. The van der Waals surface area contributed by atoms with Crippen molar-refractivity contribution >= 4 is 23.2 Å². The molecule has 0 saturated carbocycles. The van der Waals surface area contributed by atoms with Crippen LogP contribution in [0.5, 0.6) is 0 Å². The van der Waals surface area contributed by atoms with Crippen LogP contribution in [0.2, 0.25) is 0 Å². The van der Waals surface area contributed by atoms with Crippen molar-refractivity contribution in [3.05, 3.63) is 34.1 Å². The topological polar surface area (TPSA) is 91.6 Å². The molecule has 2 aromatic heterocycles. The second-order valence-corrected chi connectivity index (χ2v) is 9.62. The van der Waals surface area contributed by atoms with Gasteiger partial charge >= 0.3 is 0 Å². The van der Waals surface area contributed by atoms with Crippen molar-refractivity contribution in [1.29, 1.82) is 0 Å². The van der Waals surface area contributed by atoms with Gasteiger partial charge in [0.2, 0.25) is 17.7 Å². The molecule has 9 heteroatoms. The number of carbonyl (C=O) groups is 2. The van der Waals surface area contributed by atoms with Gasteiger partial charge in [-0.1, -0.05) is 5.16 Å². The lowest BCUT2D eigenvalue weighted by Gasteiger charge is -2.33. The lowest BCUT2D eigenvalue weighted by atomic mass is 9.94. The van der Waals surface area contributed by atoms with Gasteiger partial charge in [0.15, 0.2) is 5.82 Å². The minimum Gasteiger partial charge on any atom is -0.352 e. The molecule has 0 radical (unpaired) electrons. The van der Waals surface area contributed by atoms with Crippen molar-refractivity contribution in [2.24, 2.45) is 5.92 Å². The first kappa shape index (κ1) is 22.0. The van der Waals surface area contributed by atoms with Gasteiger partial charge in [-0.3, -0.25) is 9.59 Å². The molecule has 2 atom stereocenters. The van der Waals surface area contributed by atoms with E-state index < -0.39 is 0 Å². The summed E-state index contributed by atoms with van der Waals surface area (Å²) in [6.07, 6.45) is 3.79. The molecule has 0 unspecified atom stereocenters. The predicted octanol–water partition coefficient (Wildman–Crippen LogP) is 2.21. The molecule has 4 rings (SSSR count). The number of piperidine rings is 1. The second-order valence-electron chi connectivity index (χ2n) is 8.84. The molecule has 31 heavy (non-hydrogen) atoms. The molecule has 2 aromatic rings. The summed E-state index contributed by atoms with van der Waals surface area (Å²) in [5.41, 5.74) is 1.05. The molecule has 2 aliphatic heterocycles. The van der Waals surface area contributed by atoms with Crippen LogP contribution in [0.1, 0.15) is 48.9 Å². The van der Waals surface area contributed by atoms with Crippen molar-refractivity contribution < 1.29 is 14.1 Å². The zero-order valence-corrected chi connectivity index (χ0v) is 19.1. The number of nitrogens with one attached hydrogen (secondary N) is 1. The Kier molecular flexibility index (Phi) is 7.02. The number of hydrogen-bond acceptors (Lipinski definition) is 7. The fourth-order valence-electron chi connectivity index (χ4n) is 4.69. The third kappa shape index (κ3) is 5.71. The summed E-state index contributed by atoms with van der Waals surface area (Å²) < 4.78 is 5.10. The number of aryl methyl sites for hydroxylation is 1. The number of amides is 2. The Bertz CT molecular complexity index is 876. The summed E-state index contributed by atoms with van der Waals surface area (Å²) in [4.78, 5) is 34.1. The summed E-state index contributed by atoms with van der Waals surface area (Å²) in [5, 5.41) is 11.2. The highest BCUT2D eigenvalue weighted by molar-refractivity contribution is 7.08. The molecule has 2 saturated heterocycles. The zero-order chi connectivity index (χ0) is 21.8. The van der Waals surface area contributed by atoms with E-state index in [4.69, 9.17) is 4.52 Å². The highest BCUT2D eigenvalue weighted by Gasteiger charge is 2.33. The van der Waals surface area contributed by atoms with Crippen LogP contribution in [-0.4, -0.2) is 71.0 Å². The van der Waals surface area contributed by atoms with Gasteiger partial charge < -0.3 is 19.6 Å². The van der Waals surface area contributed by atoms with Gasteiger partial charge in [-0.25, -0.2) is 0 Å². The van der Waals surface area contributed by atoms with Gasteiger partial charge in [0.1, 0.15) is 0 Å². The van der Waals surface area contributed by atoms with Crippen LogP contribution in [-0.2, 0) is 16.0 Å². The Morgan fingerprint density at radius 1 is 1.23 bits per heavy atom. The number of hydrogen-bond donors (Lipinski definition) is 1. The van der Waals surface area contributed by atoms with E-state index in [-0.39, 0.29) is 29.7 Å². The highest BCUT2D eigenvalue weighted by Crippen LogP contribution is 2.28. The standard InChI is InChI=1S/C22H31N5O3S/c1-15-23-21(25-30-15)17-5-8-27(9-6-17)22(29)18-3-4-19(13-26(2)12-18)24-20(28)11-16-7-10-31-14-16/h7,10,14,17-19H,3-6,8-9,11-13H2,1-2H3,(H,24,28)/t18-,19+/m1/s1. The SMILES string of the molecule is Cc1nc(C2CCN(C(=O)[C@@H]3CC[C@H](NC(=O)Cc4ccsc4)CN(C)C3)CC2)no1. The molecular formula is C22H31N5O3S. The summed E-state index contributed by atoms with van der Waals surface area (Å²) in [5.74, 6) is 1.89. The molecule has 2 fully saturated rings. The third-order valence-electron chi connectivity index (χ3n) is 6.30. The van der Waals surface area contributed by atoms with Crippen LogP contribution >= 0.6 is 11.3 Å². The first-order valence-corrected chi connectivity index (χ1v) is 12.0. The van der Waals surface area contributed by atoms with E-state index in [2.05, 4.69) is 20.4 Å². The lowest BCUT2D eigenvalue weighted by Crippen LogP contribution is -2.44. The lowest BCUT2D eigenvalue weighted by molar-refractivity contribution is -0.137. The number of thiophene rings is 1. The van der Waals surface area contributed by atoms with Crippen LogP contribution in [0.15, 0.2) is 21.3 Å². The van der Waals surface area contributed by atoms with Crippen molar-refractivity contribution in [3.8, 4) is 0 Å². The highest BCUT2D eigenvalue weighted by atomic mass is 32.1. The fourth-order valence-corrected chi connectivity index (χ4v) is 5.35. The molecule has 168 valence electrons. The van der Waals surface area contributed by atoms with Crippen molar-refractivity contribution in [1.82, 2.24) is 25.3 Å². The maximum Gasteiger partial charge on any atom is 0.226 e. The zero-order valence-electron chi connectivity index (χ0n) is 18.2. The number of rotatable bonds is 5. The Morgan fingerprint density at radius 2 is 2.03 bits per heavy atom. The largest absolute Gasteiger partial charge is 0.352 e. The molecule has 0 bridgehead atoms. The average Bonchev–Trinajstić information content (AvgIpc) is 3.38. The fraction of sp³-hybridized carbons (Fsp3) is 0.636. The molecule has 2 aliphatic rings. The van der Waals surface area contributed by atoms with Gasteiger partial charge in [0, 0.05) is 45.1 Å². The Labute approximate surface area is 187 Å². The van der Waals surface area contributed by atoms with E-state index in [0.29, 0.717) is 12.3 Å². The predicted molar refractivity (Wildman–Crippen MR) is 118 cm³/mol. The molecule has 2 amide bonds. The van der Waals surface area contributed by atoms with E-state index >= 15 is 0 Å². The monoisotopic (exact) mass is 445 g/mol. The maximum absolute atomic E-state index is 13.2. The van der Waals surface area contributed by atoms with Gasteiger partial charge in [-0.15, -0.1) is 0 Å². The van der Waals surface area contributed by atoms with Gasteiger partial charge in [0.05, 0.1) is 12.3 Å². The summed E-state index contributed by atoms with van der Waals surface area (Å²) in [6.45, 7) is 4.78. The van der Waals surface area contributed by atoms with Gasteiger partial charge in [0.25, 0.3) is 0 Å². The number of likely N-dealkylation sites (N-methyl/N-ethyl adjacent to an activating group) is 1. The quantitative estimate of drug-likeness (QED) is 0.759. The second kappa shape index (κ2) is 9.91. The molecule has 1 N–H and O–H groups in total. The van der Waals surface area contributed by atoms with Crippen molar-refractivity contribution in [2.45, 2.75) is 51.0 Å². The van der Waals surface area contributed by atoms with E-state index in [1.54, 1.807) is 18.3 Å². The number of likely N-dealkylation sites (tertiary alicyclic amines) is 2. The van der Waals surface area contributed by atoms with E-state index in [0.717, 1.165) is 63.3 Å². The molecule has 0 aromatic carbocycles. The number of aromatic nitrogens is 2. The van der Waals surface area contributed by atoms with E-state index in [1.807, 2.05) is 28.8 Å².